The zero-order chi connectivity index (χ0) is 26.2. The standard InChI is InChI=1S/C36H21BO3/c1-2-10-22(11-3-1)23-12-6-13-24-25-14-7-15-26(35(25)40-34(23)24)27-16-8-18-29-36(27)39-32-21-9-20-31-33(32)37(29)28-17-4-5-19-30(28)38-31/h1-21H. The van der Waals surface area contributed by atoms with Crippen LogP contribution in [-0.4, -0.2) is 6.71 Å². The highest BCUT2D eigenvalue weighted by molar-refractivity contribution is 6.98. The summed E-state index contributed by atoms with van der Waals surface area (Å²) in [6, 6.07) is 44.0. The van der Waals surface area contributed by atoms with Crippen LogP contribution in [0.15, 0.2) is 132 Å². The lowest BCUT2D eigenvalue weighted by Crippen LogP contribution is -2.57. The van der Waals surface area contributed by atoms with Crippen LogP contribution in [0.2, 0.25) is 0 Å². The Morgan fingerprint density at radius 3 is 1.88 bits per heavy atom. The predicted molar refractivity (Wildman–Crippen MR) is 162 cm³/mol. The Morgan fingerprint density at radius 2 is 1.02 bits per heavy atom. The molecule has 0 bridgehead atoms. The van der Waals surface area contributed by atoms with E-state index in [0.717, 1.165) is 83.6 Å². The number of benzene rings is 6. The molecule has 3 heterocycles. The third-order valence-electron chi connectivity index (χ3n) is 8.23. The molecule has 0 atom stereocenters. The van der Waals surface area contributed by atoms with Crippen molar-refractivity contribution >= 4 is 45.0 Å². The molecule has 0 saturated heterocycles. The number of para-hydroxylation sites is 4. The maximum absolute atomic E-state index is 6.75. The molecule has 40 heavy (non-hydrogen) atoms. The van der Waals surface area contributed by atoms with E-state index in [1.165, 1.54) is 0 Å². The number of hydrogen-bond acceptors (Lipinski definition) is 3. The summed E-state index contributed by atoms with van der Waals surface area (Å²) in [7, 11) is 0. The molecule has 0 radical (unpaired) electrons. The Labute approximate surface area is 231 Å². The molecule has 6 aromatic carbocycles. The fraction of sp³-hybridized carbons (Fsp3) is 0. The molecule has 0 unspecified atom stereocenters. The third-order valence-corrected chi connectivity index (χ3v) is 8.23. The number of ether oxygens (including phenoxy) is 2. The van der Waals surface area contributed by atoms with Crippen LogP contribution in [0, 0.1) is 0 Å². The number of fused-ring (bicyclic) bond motifs is 7. The molecule has 2 aliphatic rings. The van der Waals surface area contributed by atoms with E-state index >= 15 is 0 Å². The molecule has 0 amide bonds. The van der Waals surface area contributed by atoms with E-state index in [2.05, 4.69) is 91.0 Å². The summed E-state index contributed by atoms with van der Waals surface area (Å²) < 4.78 is 19.8. The first-order valence-corrected chi connectivity index (χ1v) is 13.6. The molecule has 186 valence electrons. The Bertz CT molecular complexity index is 2130. The van der Waals surface area contributed by atoms with E-state index in [-0.39, 0.29) is 6.71 Å². The van der Waals surface area contributed by atoms with Crippen LogP contribution in [-0.2, 0) is 0 Å². The highest BCUT2D eigenvalue weighted by Crippen LogP contribution is 2.44. The third kappa shape index (κ3) is 2.96. The summed E-state index contributed by atoms with van der Waals surface area (Å²) in [6.45, 7) is 0.0272. The van der Waals surface area contributed by atoms with Gasteiger partial charge in [-0.3, -0.25) is 0 Å². The summed E-state index contributed by atoms with van der Waals surface area (Å²) >= 11 is 0. The van der Waals surface area contributed by atoms with Crippen molar-refractivity contribution < 1.29 is 13.9 Å². The van der Waals surface area contributed by atoms with Gasteiger partial charge in [0.05, 0.1) is 0 Å². The van der Waals surface area contributed by atoms with Crippen molar-refractivity contribution in [1.29, 1.82) is 0 Å². The van der Waals surface area contributed by atoms with Gasteiger partial charge in [-0.1, -0.05) is 109 Å². The van der Waals surface area contributed by atoms with Crippen molar-refractivity contribution in [3.05, 3.63) is 127 Å². The Hall–Kier alpha value is -5.22. The maximum Gasteiger partial charge on any atom is 0.260 e. The molecule has 0 fully saturated rings. The van der Waals surface area contributed by atoms with Gasteiger partial charge in [0.25, 0.3) is 6.71 Å². The summed E-state index contributed by atoms with van der Waals surface area (Å²) in [5.74, 6) is 3.44. The van der Waals surface area contributed by atoms with Gasteiger partial charge in [-0.25, -0.2) is 0 Å². The van der Waals surface area contributed by atoms with Crippen molar-refractivity contribution in [3.8, 4) is 45.3 Å². The summed E-state index contributed by atoms with van der Waals surface area (Å²) in [4.78, 5) is 0. The van der Waals surface area contributed by atoms with E-state index in [0.29, 0.717) is 0 Å². The zero-order valence-electron chi connectivity index (χ0n) is 21.4. The second-order valence-electron chi connectivity index (χ2n) is 10.4. The van der Waals surface area contributed by atoms with Crippen molar-refractivity contribution in [2.45, 2.75) is 0 Å². The fourth-order valence-electron chi connectivity index (χ4n) is 6.49. The first-order chi connectivity index (χ1) is 19.8. The molecule has 2 aliphatic heterocycles. The SMILES string of the molecule is c1ccc(-c2cccc3c2oc2c(-c4cccc5c4Oc4cccc6c4B5c4ccccc4O6)cccc23)cc1. The van der Waals surface area contributed by atoms with E-state index in [1.807, 2.05) is 36.4 Å². The van der Waals surface area contributed by atoms with E-state index < -0.39 is 0 Å². The van der Waals surface area contributed by atoms with Gasteiger partial charge < -0.3 is 13.9 Å². The highest BCUT2D eigenvalue weighted by atomic mass is 16.5. The number of rotatable bonds is 2. The van der Waals surface area contributed by atoms with Crippen LogP contribution in [0.1, 0.15) is 0 Å². The average molecular weight is 512 g/mol. The van der Waals surface area contributed by atoms with E-state index in [4.69, 9.17) is 13.9 Å². The lowest BCUT2D eigenvalue weighted by atomic mass is 9.34. The molecular formula is C36H21BO3. The van der Waals surface area contributed by atoms with Crippen molar-refractivity contribution in [3.63, 3.8) is 0 Å². The first-order valence-electron chi connectivity index (χ1n) is 13.6. The van der Waals surface area contributed by atoms with Crippen LogP contribution in [0.3, 0.4) is 0 Å². The highest BCUT2D eigenvalue weighted by Gasteiger charge is 2.40. The van der Waals surface area contributed by atoms with Crippen molar-refractivity contribution in [1.82, 2.24) is 0 Å². The Balaban J connectivity index is 1.30. The lowest BCUT2D eigenvalue weighted by Gasteiger charge is -2.33. The molecule has 4 heteroatoms. The van der Waals surface area contributed by atoms with E-state index in [1.54, 1.807) is 0 Å². The van der Waals surface area contributed by atoms with Gasteiger partial charge >= 0.3 is 0 Å². The second kappa shape index (κ2) is 8.14. The maximum atomic E-state index is 6.75. The predicted octanol–water partition coefficient (Wildman–Crippen LogP) is 7.65. The normalized spacial score (nSPS) is 12.8. The van der Waals surface area contributed by atoms with Gasteiger partial charge in [-0.15, -0.1) is 0 Å². The van der Waals surface area contributed by atoms with Crippen LogP contribution >= 0.6 is 0 Å². The smallest absolute Gasteiger partial charge is 0.260 e. The fourth-order valence-corrected chi connectivity index (χ4v) is 6.49. The average Bonchev–Trinajstić information content (AvgIpc) is 3.40. The Morgan fingerprint density at radius 1 is 0.425 bits per heavy atom. The van der Waals surface area contributed by atoms with Gasteiger partial charge in [0.2, 0.25) is 0 Å². The Kier molecular flexibility index (Phi) is 4.41. The minimum atomic E-state index is 0.0272. The number of hydrogen-bond donors (Lipinski definition) is 0. The lowest BCUT2D eigenvalue weighted by molar-refractivity contribution is 0.465. The van der Waals surface area contributed by atoms with Crippen molar-refractivity contribution in [2.75, 3.05) is 0 Å². The van der Waals surface area contributed by atoms with Gasteiger partial charge in [0.15, 0.2) is 0 Å². The van der Waals surface area contributed by atoms with Gasteiger partial charge in [-0.2, -0.15) is 0 Å². The molecule has 7 aromatic rings. The van der Waals surface area contributed by atoms with Crippen LogP contribution in [0.5, 0.6) is 23.0 Å². The number of furan rings is 1. The van der Waals surface area contributed by atoms with Crippen LogP contribution in [0.25, 0.3) is 44.2 Å². The van der Waals surface area contributed by atoms with Crippen molar-refractivity contribution in [2.24, 2.45) is 0 Å². The van der Waals surface area contributed by atoms with E-state index in [9.17, 15) is 0 Å². The summed E-state index contributed by atoms with van der Waals surface area (Å²) in [6.07, 6.45) is 0. The molecule has 1 aromatic heterocycles. The first kappa shape index (κ1) is 21.7. The zero-order valence-corrected chi connectivity index (χ0v) is 21.4. The minimum absolute atomic E-state index is 0.0272. The van der Waals surface area contributed by atoms with Crippen LogP contribution < -0.4 is 25.9 Å². The molecule has 0 saturated carbocycles. The van der Waals surface area contributed by atoms with Gasteiger partial charge in [0.1, 0.15) is 34.2 Å². The largest absolute Gasteiger partial charge is 0.458 e. The monoisotopic (exact) mass is 512 g/mol. The second-order valence-corrected chi connectivity index (χ2v) is 10.4. The summed E-state index contributed by atoms with van der Waals surface area (Å²) in [5.41, 5.74) is 9.39. The van der Waals surface area contributed by atoms with Crippen LogP contribution in [0.4, 0.5) is 0 Å². The quantitative estimate of drug-likeness (QED) is 0.223. The molecule has 9 rings (SSSR count). The molecule has 0 spiro atoms. The van der Waals surface area contributed by atoms with Gasteiger partial charge in [-0.05, 0) is 34.7 Å². The van der Waals surface area contributed by atoms with Gasteiger partial charge in [0, 0.05) is 32.9 Å². The topological polar surface area (TPSA) is 31.6 Å². The molecular weight excluding hydrogens is 491 g/mol. The molecule has 3 nitrogen and oxygen atoms in total. The summed E-state index contributed by atoms with van der Waals surface area (Å²) in [5, 5.41) is 2.20. The minimum Gasteiger partial charge on any atom is -0.458 e. The molecule has 0 aliphatic carbocycles. The molecule has 0 N–H and O–H groups in total.